The summed E-state index contributed by atoms with van der Waals surface area (Å²) >= 11 is 0. The van der Waals surface area contributed by atoms with E-state index in [1.54, 1.807) is 6.20 Å². The number of nitro benzene ring substituents is 1. The summed E-state index contributed by atoms with van der Waals surface area (Å²) < 4.78 is 25.2. The van der Waals surface area contributed by atoms with Gasteiger partial charge in [0.05, 0.1) is 15.9 Å². The van der Waals surface area contributed by atoms with E-state index in [4.69, 9.17) is 0 Å². The molecule has 1 fully saturated rings. The summed E-state index contributed by atoms with van der Waals surface area (Å²) in [6.45, 7) is 0. The normalized spacial score (nSPS) is 21.0. The first kappa shape index (κ1) is 17.4. The monoisotopic (exact) mass is 364 g/mol. The Morgan fingerprint density at radius 2 is 2.08 bits per heavy atom. The molecule has 0 amide bonds. The molecule has 0 radical (unpaired) electrons. The van der Waals surface area contributed by atoms with E-state index in [9.17, 15) is 18.5 Å². The number of nitrogens with zero attached hydrogens (tertiary/aromatic N) is 3. The standard InChI is InChI=1S/C16H20N4O4S/c1-25(23,24)12-7-8-14(16(11-12)20(21)22)18-13-5-2-3-6-15(13)19-10-4-9-17-19/h4,7-11,13,15,18H,2-3,5-6H2,1H3/t13-,15-/m1/s1. The van der Waals surface area contributed by atoms with Crippen molar-refractivity contribution in [3.05, 3.63) is 46.8 Å². The smallest absolute Gasteiger partial charge is 0.293 e. The van der Waals surface area contributed by atoms with Gasteiger partial charge >= 0.3 is 0 Å². The number of hydrogen-bond acceptors (Lipinski definition) is 6. The first-order valence-corrected chi connectivity index (χ1v) is 9.99. The molecule has 0 bridgehead atoms. The van der Waals surface area contributed by atoms with Gasteiger partial charge in [-0.2, -0.15) is 5.10 Å². The number of rotatable bonds is 5. The quantitative estimate of drug-likeness (QED) is 0.646. The highest BCUT2D eigenvalue weighted by atomic mass is 32.2. The molecule has 1 N–H and O–H groups in total. The predicted molar refractivity (Wildman–Crippen MR) is 93.3 cm³/mol. The number of aromatic nitrogens is 2. The molecule has 1 aliphatic carbocycles. The second-order valence-corrected chi connectivity index (χ2v) is 8.31. The summed E-state index contributed by atoms with van der Waals surface area (Å²) in [6.07, 6.45) is 8.57. The maximum Gasteiger partial charge on any atom is 0.293 e. The zero-order chi connectivity index (χ0) is 18.0. The third-order valence-electron chi connectivity index (χ3n) is 4.53. The summed E-state index contributed by atoms with van der Waals surface area (Å²) in [5.41, 5.74) is 0.106. The highest BCUT2D eigenvalue weighted by molar-refractivity contribution is 7.90. The van der Waals surface area contributed by atoms with Gasteiger partial charge in [-0.1, -0.05) is 12.8 Å². The average Bonchev–Trinajstić information content (AvgIpc) is 3.09. The van der Waals surface area contributed by atoms with Gasteiger partial charge in [0.25, 0.3) is 5.69 Å². The van der Waals surface area contributed by atoms with Gasteiger partial charge in [0.1, 0.15) is 5.69 Å². The van der Waals surface area contributed by atoms with Crippen molar-refractivity contribution in [2.45, 2.75) is 42.7 Å². The molecule has 8 nitrogen and oxygen atoms in total. The first-order valence-electron chi connectivity index (χ1n) is 8.10. The van der Waals surface area contributed by atoms with Crippen molar-refractivity contribution in [1.29, 1.82) is 0 Å². The van der Waals surface area contributed by atoms with Crippen LogP contribution in [0.25, 0.3) is 0 Å². The fourth-order valence-electron chi connectivity index (χ4n) is 3.29. The Morgan fingerprint density at radius 3 is 2.72 bits per heavy atom. The van der Waals surface area contributed by atoms with Gasteiger partial charge in [-0.05, 0) is 31.0 Å². The molecule has 134 valence electrons. The lowest BCUT2D eigenvalue weighted by molar-refractivity contribution is -0.384. The number of hydrogen-bond donors (Lipinski definition) is 1. The van der Waals surface area contributed by atoms with Crippen molar-refractivity contribution in [1.82, 2.24) is 9.78 Å². The van der Waals surface area contributed by atoms with Crippen molar-refractivity contribution in [3.8, 4) is 0 Å². The molecule has 25 heavy (non-hydrogen) atoms. The lowest BCUT2D eigenvalue weighted by Gasteiger charge is -2.33. The third kappa shape index (κ3) is 3.81. The number of benzene rings is 1. The van der Waals surface area contributed by atoms with E-state index in [-0.39, 0.29) is 22.7 Å². The molecule has 9 heteroatoms. The molecule has 2 atom stereocenters. The topological polar surface area (TPSA) is 107 Å². The van der Waals surface area contributed by atoms with Crippen molar-refractivity contribution in [2.75, 3.05) is 11.6 Å². The summed E-state index contributed by atoms with van der Waals surface area (Å²) in [7, 11) is -3.50. The molecule has 2 aromatic rings. The third-order valence-corrected chi connectivity index (χ3v) is 5.64. The molecule has 0 unspecified atom stereocenters. The van der Waals surface area contributed by atoms with Crippen LogP contribution >= 0.6 is 0 Å². The predicted octanol–water partition coefficient (Wildman–Crippen LogP) is 2.79. The Balaban J connectivity index is 1.92. The van der Waals surface area contributed by atoms with Gasteiger partial charge < -0.3 is 5.32 Å². The van der Waals surface area contributed by atoms with E-state index in [0.29, 0.717) is 5.69 Å². The SMILES string of the molecule is CS(=O)(=O)c1ccc(N[C@@H]2CCCC[C@H]2n2cccn2)c([N+](=O)[O-])c1. The van der Waals surface area contributed by atoms with Crippen molar-refractivity contribution < 1.29 is 13.3 Å². The van der Waals surface area contributed by atoms with Gasteiger partial charge in [-0.3, -0.25) is 14.8 Å². The Labute approximate surface area is 145 Å². The lowest BCUT2D eigenvalue weighted by Crippen LogP contribution is -2.34. The Bertz CT molecular complexity index is 864. The van der Waals surface area contributed by atoms with Gasteiger partial charge in [-0.25, -0.2) is 8.42 Å². The molecule has 3 rings (SSSR count). The van der Waals surface area contributed by atoms with Gasteiger partial charge in [0.2, 0.25) is 0 Å². The highest BCUT2D eigenvalue weighted by Crippen LogP contribution is 2.34. The first-order chi connectivity index (χ1) is 11.9. The molecular formula is C16H20N4O4S. The van der Waals surface area contributed by atoms with Crippen LogP contribution < -0.4 is 5.32 Å². The Kier molecular flexibility index (Phi) is 4.76. The Hall–Kier alpha value is -2.42. The minimum Gasteiger partial charge on any atom is -0.375 e. The van der Waals surface area contributed by atoms with E-state index < -0.39 is 14.8 Å². The molecule has 1 saturated carbocycles. The van der Waals surface area contributed by atoms with E-state index in [2.05, 4.69) is 10.4 Å². The van der Waals surface area contributed by atoms with Crippen LogP contribution in [0.1, 0.15) is 31.7 Å². The Morgan fingerprint density at radius 1 is 1.32 bits per heavy atom. The summed E-state index contributed by atoms with van der Waals surface area (Å²) in [4.78, 5) is 10.8. The van der Waals surface area contributed by atoms with E-state index in [1.165, 1.54) is 12.1 Å². The van der Waals surface area contributed by atoms with Crippen LogP contribution in [0.3, 0.4) is 0 Å². The van der Waals surface area contributed by atoms with Gasteiger partial charge in [0, 0.05) is 30.8 Å². The largest absolute Gasteiger partial charge is 0.375 e. The molecule has 1 aromatic heterocycles. The lowest BCUT2D eigenvalue weighted by atomic mass is 9.90. The molecule has 0 aliphatic heterocycles. The van der Waals surface area contributed by atoms with E-state index in [0.717, 1.165) is 38.0 Å². The van der Waals surface area contributed by atoms with Crippen LogP contribution in [0.4, 0.5) is 11.4 Å². The summed E-state index contributed by atoms with van der Waals surface area (Å²) in [5.74, 6) is 0. The number of sulfone groups is 1. The highest BCUT2D eigenvalue weighted by Gasteiger charge is 2.29. The van der Waals surface area contributed by atoms with Crippen LogP contribution in [-0.2, 0) is 9.84 Å². The van der Waals surface area contributed by atoms with Crippen molar-refractivity contribution in [2.24, 2.45) is 0 Å². The van der Waals surface area contributed by atoms with Crippen molar-refractivity contribution >= 4 is 21.2 Å². The average molecular weight is 364 g/mol. The molecule has 1 heterocycles. The fourth-order valence-corrected chi connectivity index (χ4v) is 3.93. The zero-order valence-electron chi connectivity index (χ0n) is 13.8. The molecule has 0 saturated heterocycles. The molecule has 1 aliphatic rings. The molecule has 1 aromatic carbocycles. The van der Waals surface area contributed by atoms with Crippen LogP contribution in [-0.4, -0.2) is 35.4 Å². The molecule has 0 spiro atoms. The second kappa shape index (κ2) is 6.83. The van der Waals surface area contributed by atoms with E-state index >= 15 is 0 Å². The minimum absolute atomic E-state index is 0.00330. The van der Waals surface area contributed by atoms with Crippen LogP contribution in [0.5, 0.6) is 0 Å². The van der Waals surface area contributed by atoms with Crippen molar-refractivity contribution in [3.63, 3.8) is 0 Å². The van der Waals surface area contributed by atoms with Crippen LogP contribution in [0.2, 0.25) is 0 Å². The van der Waals surface area contributed by atoms with Gasteiger partial charge in [-0.15, -0.1) is 0 Å². The minimum atomic E-state index is -3.50. The maximum atomic E-state index is 11.7. The van der Waals surface area contributed by atoms with Gasteiger partial charge in [0.15, 0.2) is 9.84 Å². The number of anilines is 1. The summed E-state index contributed by atoms with van der Waals surface area (Å²) in [6, 6.07) is 5.95. The van der Waals surface area contributed by atoms with Crippen LogP contribution in [0, 0.1) is 10.1 Å². The zero-order valence-corrected chi connectivity index (χ0v) is 14.6. The number of nitrogens with one attached hydrogen (secondary N) is 1. The fraction of sp³-hybridized carbons (Fsp3) is 0.438. The van der Waals surface area contributed by atoms with Crippen LogP contribution in [0.15, 0.2) is 41.6 Å². The molecular weight excluding hydrogens is 344 g/mol. The summed E-state index contributed by atoms with van der Waals surface area (Å²) in [5, 5.41) is 19.0. The van der Waals surface area contributed by atoms with E-state index in [1.807, 2.05) is 16.9 Å². The second-order valence-electron chi connectivity index (χ2n) is 6.30. The number of nitro groups is 1. The maximum absolute atomic E-state index is 11.7.